The molecule has 0 aromatic heterocycles. The van der Waals surface area contributed by atoms with Crippen molar-refractivity contribution >= 4 is 14.3 Å². The Hall–Kier alpha value is -0.693. The molecular formula is C29H48O5Si. The van der Waals surface area contributed by atoms with Crippen LogP contribution in [0, 0.1) is 28.6 Å². The number of fused-ring (bicyclic) bond motifs is 6. The second-order valence-electron chi connectivity index (χ2n) is 14.2. The topological polar surface area (TPSA) is 54.0 Å². The molecule has 0 aromatic carbocycles. The summed E-state index contributed by atoms with van der Waals surface area (Å²) < 4.78 is 25.7. The fourth-order valence-corrected chi connectivity index (χ4v) is 9.86. The van der Waals surface area contributed by atoms with Crippen molar-refractivity contribution in [2.24, 2.45) is 28.6 Å². The van der Waals surface area contributed by atoms with Gasteiger partial charge in [-0.05, 0) is 80.0 Å². The van der Waals surface area contributed by atoms with Gasteiger partial charge in [0.15, 0.2) is 14.1 Å². The third-order valence-electron chi connectivity index (χ3n) is 11.4. The Morgan fingerprint density at radius 3 is 2.31 bits per heavy atom. The molecule has 0 bridgehead atoms. The van der Waals surface area contributed by atoms with Crippen molar-refractivity contribution in [3.05, 3.63) is 11.6 Å². The highest BCUT2D eigenvalue weighted by Crippen LogP contribution is 2.69. The molecule has 4 aliphatic carbocycles. The molecule has 0 amide bonds. The molecule has 5 unspecified atom stereocenters. The van der Waals surface area contributed by atoms with Gasteiger partial charge in [-0.2, -0.15) is 0 Å². The molecule has 1 spiro atoms. The van der Waals surface area contributed by atoms with Gasteiger partial charge >= 0.3 is 5.97 Å². The van der Waals surface area contributed by atoms with Gasteiger partial charge in [-0.25, -0.2) is 0 Å². The van der Waals surface area contributed by atoms with Crippen molar-refractivity contribution in [3.8, 4) is 0 Å². The van der Waals surface area contributed by atoms with E-state index in [1.54, 1.807) is 6.92 Å². The second-order valence-corrected chi connectivity index (χ2v) is 18.9. The summed E-state index contributed by atoms with van der Waals surface area (Å²) in [5.74, 6) is 0.682. The molecule has 0 aromatic rings. The van der Waals surface area contributed by atoms with E-state index in [0.29, 0.717) is 31.0 Å². The van der Waals surface area contributed by atoms with Crippen LogP contribution >= 0.6 is 0 Å². The van der Waals surface area contributed by atoms with Gasteiger partial charge in [0.2, 0.25) is 0 Å². The van der Waals surface area contributed by atoms with Crippen molar-refractivity contribution in [2.75, 3.05) is 13.2 Å². The van der Waals surface area contributed by atoms with Gasteiger partial charge in [0, 0.05) is 30.8 Å². The molecule has 198 valence electrons. The summed E-state index contributed by atoms with van der Waals surface area (Å²) in [7, 11) is -1.84. The molecule has 1 heterocycles. The summed E-state index contributed by atoms with van der Waals surface area (Å²) in [5, 5.41) is 0.205. The lowest BCUT2D eigenvalue weighted by Crippen LogP contribution is -2.58. The Labute approximate surface area is 213 Å². The van der Waals surface area contributed by atoms with Gasteiger partial charge in [-0.1, -0.05) is 40.2 Å². The molecule has 5 nitrogen and oxygen atoms in total. The minimum atomic E-state index is -1.84. The lowest BCUT2D eigenvalue weighted by molar-refractivity contribution is -0.246. The molecule has 6 heteroatoms. The fourth-order valence-electron chi connectivity index (χ4n) is 8.47. The summed E-state index contributed by atoms with van der Waals surface area (Å²) >= 11 is 0. The molecule has 5 rings (SSSR count). The van der Waals surface area contributed by atoms with E-state index >= 15 is 0 Å². The van der Waals surface area contributed by atoms with E-state index in [0.717, 1.165) is 44.9 Å². The van der Waals surface area contributed by atoms with Gasteiger partial charge in [-0.15, -0.1) is 0 Å². The first-order chi connectivity index (χ1) is 16.2. The Kier molecular flexibility index (Phi) is 6.23. The van der Waals surface area contributed by atoms with E-state index in [4.69, 9.17) is 18.6 Å². The van der Waals surface area contributed by atoms with Crippen molar-refractivity contribution < 1.29 is 23.4 Å². The van der Waals surface area contributed by atoms with Gasteiger partial charge in [-0.3, -0.25) is 4.79 Å². The molecule has 0 N–H and O–H groups in total. The van der Waals surface area contributed by atoms with E-state index in [1.165, 1.54) is 5.57 Å². The second kappa shape index (κ2) is 8.41. The van der Waals surface area contributed by atoms with Crippen LogP contribution < -0.4 is 0 Å². The highest BCUT2D eigenvalue weighted by atomic mass is 28.4. The zero-order valence-electron chi connectivity index (χ0n) is 23.4. The minimum absolute atomic E-state index is 0.0204. The first kappa shape index (κ1) is 25.9. The summed E-state index contributed by atoms with van der Waals surface area (Å²) in [4.78, 5) is 12.3. The van der Waals surface area contributed by atoms with Crippen LogP contribution in [0.25, 0.3) is 0 Å². The maximum Gasteiger partial charge on any atom is 0.303 e. The average Bonchev–Trinajstić information content (AvgIpc) is 3.34. The van der Waals surface area contributed by atoms with E-state index < -0.39 is 14.1 Å². The Morgan fingerprint density at radius 1 is 1.03 bits per heavy atom. The van der Waals surface area contributed by atoms with E-state index in [9.17, 15) is 4.79 Å². The van der Waals surface area contributed by atoms with Crippen LogP contribution in [-0.4, -0.2) is 45.5 Å². The summed E-state index contributed by atoms with van der Waals surface area (Å²) in [6.07, 6.45) is 10.0. The largest absolute Gasteiger partial charge is 0.458 e. The molecule has 1 aliphatic heterocycles. The minimum Gasteiger partial charge on any atom is -0.458 e. The number of esters is 1. The zero-order valence-corrected chi connectivity index (χ0v) is 24.4. The third kappa shape index (κ3) is 3.92. The van der Waals surface area contributed by atoms with Crippen LogP contribution in [0.3, 0.4) is 0 Å². The first-order valence-corrected chi connectivity index (χ1v) is 17.0. The van der Waals surface area contributed by atoms with E-state index in [2.05, 4.69) is 53.8 Å². The number of carbonyl (C=O) groups excluding carboxylic acids is 1. The van der Waals surface area contributed by atoms with E-state index in [1.807, 2.05) is 0 Å². The van der Waals surface area contributed by atoms with E-state index in [-0.39, 0.29) is 34.0 Å². The van der Waals surface area contributed by atoms with Crippen molar-refractivity contribution in [1.82, 2.24) is 0 Å². The predicted octanol–water partition coefficient (Wildman–Crippen LogP) is 6.62. The lowest BCUT2D eigenvalue weighted by atomic mass is 9.47. The van der Waals surface area contributed by atoms with Crippen LogP contribution in [-0.2, 0) is 23.4 Å². The molecule has 3 saturated carbocycles. The Morgan fingerprint density at radius 2 is 1.69 bits per heavy atom. The van der Waals surface area contributed by atoms with Crippen LogP contribution in [0.4, 0.5) is 0 Å². The van der Waals surface area contributed by atoms with Crippen molar-refractivity contribution in [3.63, 3.8) is 0 Å². The number of hydrogen-bond acceptors (Lipinski definition) is 5. The van der Waals surface area contributed by atoms with Crippen LogP contribution in [0.1, 0.15) is 86.5 Å². The smallest absolute Gasteiger partial charge is 0.303 e. The van der Waals surface area contributed by atoms with Crippen LogP contribution in [0.5, 0.6) is 0 Å². The number of carbonyl (C=O) groups is 1. The number of rotatable bonds is 3. The Balaban J connectivity index is 1.46. The van der Waals surface area contributed by atoms with Gasteiger partial charge in [0.25, 0.3) is 0 Å². The zero-order chi connectivity index (χ0) is 25.4. The first-order valence-electron chi connectivity index (χ1n) is 14.1. The normalized spacial score (nSPS) is 42.7. The predicted molar refractivity (Wildman–Crippen MR) is 139 cm³/mol. The lowest BCUT2D eigenvalue weighted by Gasteiger charge is -2.60. The van der Waals surface area contributed by atoms with Crippen LogP contribution in [0.15, 0.2) is 11.6 Å². The van der Waals surface area contributed by atoms with Crippen molar-refractivity contribution in [1.29, 1.82) is 0 Å². The summed E-state index contributed by atoms with van der Waals surface area (Å²) in [6.45, 7) is 19.5. The highest BCUT2D eigenvalue weighted by molar-refractivity contribution is 6.74. The van der Waals surface area contributed by atoms with Gasteiger partial charge in [0.1, 0.15) is 6.10 Å². The number of hydrogen-bond donors (Lipinski definition) is 0. The standard InChI is InChI=1S/C29H48O5Si/c1-19(30)33-24-18-20-17-21(34-35(7,8)26(2,3)4)9-12-27(20,5)22-10-13-28(6)23(25(22)24)11-14-29(28)31-15-16-32-29/h18,21-25H,9-17H2,1-8H3/t21?,22?,23?,24?,25?,27-,28-/m0/s1. The molecule has 5 aliphatic rings. The molecule has 1 saturated heterocycles. The maximum absolute atomic E-state index is 12.3. The molecule has 7 atom stereocenters. The molecule has 0 radical (unpaired) electrons. The van der Waals surface area contributed by atoms with Gasteiger partial charge in [0.05, 0.1) is 13.2 Å². The van der Waals surface area contributed by atoms with Crippen molar-refractivity contribution in [2.45, 2.75) is 123 Å². The molecule has 4 fully saturated rings. The third-order valence-corrected chi connectivity index (χ3v) is 16.0. The SMILES string of the molecule is CC(=O)OC1C=C2CC(O[Si](C)(C)C(C)(C)C)CC[C@]2(C)C2CC[C@@]3(C)C(CCC34OCCO4)C12. The highest BCUT2D eigenvalue weighted by Gasteiger charge is 2.68. The average molecular weight is 505 g/mol. The van der Waals surface area contributed by atoms with Gasteiger partial charge < -0.3 is 18.6 Å². The Bertz CT molecular complexity index is 884. The molecule has 35 heavy (non-hydrogen) atoms. The monoisotopic (exact) mass is 504 g/mol. The molecular weight excluding hydrogens is 456 g/mol. The maximum atomic E-state index is 12.3. The van der Waals surface area contributed by atoms with Crippen LogP contribution in [0.2, 0.25) is 18.1 Å². The number of ether oxygens (including phenoxy) is 3. The quantitative estimate of drug-likeness (QED) is 0.245. The summed E-state index contributed by atoms with van der Waals surface area (Å²) in [6, 6.07) is 0. The fraction of sp³-hybridized carbons (Fsp3) is 0.897. The summed E-state index contributed by atoms with van der Waals surface area (Å²) in [5.41, 5.74) is 1.61.